The summed E-state index contributed by atoms with van der Waals surface area (Å²) in [6.07, 6.45) is 1.56. The molecule has 1 heterocycles. The number of carbonyl (C=O) groups is 1. The van der Waals surface area contributed by atoms with Gasteiger partial charge in [-0.25, -0.2) is 0 Å². The van der Waals surface area contributed by atoms with E-state index in [0.29, 0.717) is 12.5 Å². The average Bonchev–Trinajstić information content (AvgIpc) is 2.30. The molecule has 1 unspecified atom stereocenters. The molecule has 1 aliphatic heterocycles. The average molecular weight is 283 g/mol. The van der Waals surface area contributed by atoms with Crippen molar-refractivity contribution in [1.29, 1.82) is 0 Å². The summed E-state index contributed by atoms with van der Waals surface area (Å²) < 4.78 is 1.13. The second-order valence-corrected chi connectivity index (χ2v) is 4.87. The highest BCUT2D eigenvalue weighted by atomic mass is 79.9. The molecule has 86 valence electrons. The van der Waals surface area contributed by atoms with Crippen LogP contribution in [0, 0.1) is 0 Å². The molecule has 1 aromatic rings. The van der Waals surface area contributed by atoms with Crippen LogP contribution in [0.15, 0.2) is 28.7 Å². The Kier molecular flexibility index (Phi) is 3.96. The minimum absolute atomic E-state index is 0.166. The summed E-state index contributed by atoms with van der Waals surface area (Å²) in [6, 6.07) is 8.57. The zero-order chi connectivity index (χ0) is 11.4. The van der Waals surface area contributed by atoms with Crippen LogP contribution in [0.3, 0.4) is 0 Å². The number of amides is 1. The van der Waals surface area contributed by atoms with Crippen LogP contribution in [0.2, 0.25) is 0 Å². The smallest absolute Gasteiger partial charge is 0.220 e. The van der Waals surface area contributed by atoms with Gasteiger partial charge in [-0.1, -0.05) is 34.1 Å². The summed E-state index contributed by atoms with van der Waals surface area (Å²) >= 11 is 3.52. The molecule has 0 spiro atoms. The van der Waals surface area contributed by atoms with Gasteiger partial charge in [0.05, 0.1) is 0 Å². The first-order valence-corrected chi connectivity index (χ1v) is 6.28. The Labute approximate surface area is 104 Å². The van der Waals surface area contributed by atoms with E-state index in [1.54, 1.807) is 0 Å². The third kappa shape index (κ3) is 3.06. The molecule has 0 aromatic heterocycles. The van der Waals surface area contributed by atoms with Gasteiger partial charge in [0.15, 0.2) is 0 Å². The van der Waals surface area contributed by atoms with Crippen LogP contribution >= 0.6 is 15.9 Å². The number of carbonyl (C=O) groups excluding carboxylic acids is 1. The number of hydrogen-bond donors (Lipinski definition) is 2. The molecule has 16 heavy (non-hydrogen) atoms. The summed E-state index contributed by atoms with van der Waals surface area (Å²) in [5, 5.41) is 6.32. The minimum Gasteiger partial charge on any atom is -0.355 e. The topological polar surface area (TPSA) is 41.1 Å². The lowest BCUT2D eigenvalue weighted by Crippen LogP contribution is -2.45. The zero-order valence-corrected chi connectivity index (χ0v) is 10.6. The van der Waals surface area contributed by atoms with E-state index < -0.39 is 0 Å². The Balaban J connectivity index is 1.84. The molecule has 1 aliphatic rings. The van der Waals surface area contributed by atoms with Crippen LogP contribution in [0.1, 0.15) is 18.4 Å². The first kappa shape index (κ1) is 11.6. The Morgan fingerprint density at radius 2 is 2.25 bits per heavy atom. The summed E-state index contributed by atoms with van der Waals surface area (Å²) in [6.45, 7) is 1.57. The van der Waals surface area contributed by atoms with Gasteiger partial charge in [-0.2, -0.15) is 0 Å². The molecule has 1 fully saturated rings. The van der Waals surface area contributed by atoms with E-state index in [1.165, 1.54) is 5.56 Å². The lowest BCUT2D eigenvalue weighted by atomic mass is 10.1. The standard InChI is InChI=1S/C12H15BrN2O/c13-11-4-2-1-3-9(11)7-14-10-5-6-12(16)15-8-10/h1-4,10,14H,5-8H2,(H,15,16). The molecule has 1 atom stereocenters. The lowest BCUT2D eigenvalue weighted by Gasteiger charge is -2.23. The fourth-order valence-corrected chi connectivity index (χ4v) is 2.23. The van der Waals surface area contributed by atoms with E-state index in [2.05, 4.69) is 32.6 Å². The monoisotopic (exact) mass is 282 g/mol. The van der Waals surface area contributed by atoms with Gasteiger partial charge < -0.3 is 10.6 Å². The number of piperidine rings is 1. The fourth-order valence-electron chi connectivity index (χ4n) is 1.80. The molecule has 1 saturated heterocycles. The Morgan fingerprint density at radius 3 is 2.94 bits per heavy atom. The van der Waals surface area contributed by atoms with E-state index >= 15 is 0 Å². The molecule has 0 bridgehead atoms. The molecular formula is C12H15BrN2O. The van der Waals surface area contributed by atoms with Crippen molar-refractivity contribution in [2.75, 3.05) is 6.54 Å². The summed E-state index contributed by atoms with van der Waals surface area (Å²) in [4.78, 5) is 11.0. The van der Waals surface area contributed by atoms with Gasteiger partial charge in [-0.3, -0.25) is 4.79 Å². The van der Waals surface area contributed by atoms with Crippen LogP contribution < -0.4 is 10.6 Å². The van der Waals surface area contributed by atoms with Gasteiger partial charge in [-0.15, -0.1) is 0 Å². The van der Waals surface area contributed by atoms with E-state index in [-0.39, 0.29) is 5.91 Å². The fraction of sp³-hybridized carbons (Fsp3) is 0.417. The van der Waals surface area contributed by atoms with Crippen molar-refractivity contribution in [1.82, 2.24) is 10.6 Å². The highest BCUT2D eigenvalue weighted by molar-refractivity contribution is 9.10. The van der Waals surface area contributed by atoms with Gasteiger partial charge in [0.1, 0.15) is 0 Å². The van der Waals surface area contributed by atoms with Gasteiger partial charge >= 0.3 is 0 Å². The summed E-state index contributed by atoms with van der Waals surface area (Å²) in [5.41, 5.74) is 1.25. The third-order valence-corrected chi connectivity index (χ3v) is 3.58. The predicted molar refractivity (Wildman–Crippen MR) is 67.0 cm³/mol. The molecule has 4 heteroatoms. The SMILES string of the molecule is O=C1CCC(NCc2ccccc2Br)CN1. The maximum Gasteiger partial charge on any atom is 0.220 e. The molecule has 0 radical (unpaired) electrons. The second-order valence-electron chi connectivity index (χ2n) is 4.01. The van der Waals surface area contributed by atoms with E-state index in [9.17, 15) is 4.79 Å². The number of benzene rings is 1. The normalized spacial score (nSPS) is 20.6. The van der Waals surface area contributed by atoms with Crippen LogP contribution in [0.25, 0.3) is 0 Å². The first-order chi connectivity index (χ1) is 7.75. The Bertz CT molecular complexity index is 371. The molecule has 1 aromatic carbocycles. The van der Waals surface area contributed by atoms with Gasteiger partial charge in [0.2, 0.25) is 5.91 Å². The van der Waals surface area contributed by atoms with Gasteiger partial charge in [0, 0.05) is 30.0 Å². The third-order valence-electron chi connectivity index (χ3n) is 2.80. The zero-order valence-electron chi connectivity index (χ0n) is 9.00. The van der Waals surface area contributed by atoms with Crippen LogP contribution in [-0.2, 0) is 11.3 Å². The van der Waals surface area contributed by atoms with Gasteiger partial charge in [0.25, 0.3) is 0 Å². The van der Waals surface area contributed by atoms with E-state index in [4.69, 9.17) is 0 Å². The highest BCUT2D eigenvalue weighted by Crippen LogP contribution is 2.16. The Morgan fingerprint density at radius 1 is 1.44 bits per heavy atom. The first-order valence-electron chi connectivity index (χ1n) is 5.49. The molecule has 0 saturated carbocycles. The van der Waals surface area contributed by atoms with Gasteiger partial charge in [-0.05, 0) is 18.1 Å². The predicted octanol–water partition coefficient (Wildman–Crippen LogP) is 1.82. The second kappa shape index (κ2) is 5.46. The van der Waals surface area contributed by atoms with Crippen LogP contribution in [0.5, 0.6) is 0 Å². The molecule has 1 amide bonds. The number of hydrogen-bond acceptors (Lipinski definition) is 2. The maximum atomic E-state index is 11.0. The molecule has 3 nitrogen and oxygen atoms in total. The van der Waals surface area contributed by atoms with Crippen molar-refractivity contribution in [3.05, 3.63) is 34.3 Å². The minimum atomic E-state index is 0.166. The van der Waals surface area contributed by atoms with Crippen molar-refractivity contribution < 1.29 is 4.79 Å². The maximum absolute atomic E-state index is 11.0. The molecule has 2 N–H and O–H groups in total. The number of nitrogens with one attached hydrogen (secondary N) is 2. The van der Waals surface area contributed by atoms with Crippen LogP contribution in [0.4, 0.5) is 0 Å². The largest absolute Gasteiger partial charge is 0.355 e. The van der Waals surface area contributed by atoms with E-state index in [0.717, 1.165) is 24.0 Å². The van der Waals surface area contributed by atoms with Crippen LogP contribution in [-0.4, -0.2) is 18.5 Å². The summed E-state index contributed by atoms with van der Waals surface area (Å²) in [5.74, 6) is 0.166. The quantitative estimate of drug-likeness (QED) is 0.888. The Hall–Kier alpha value is -0.870. The van der Waals surface area contributed by atoms with Crippen molar-refractivity contribution in [2.45, 2.75) is 25.4 Å². The molecule has 0 aliphatic carbocycles. The number of rotatable bonds is 3. The summed E-state index contributed by atoms with van der Waals surface area (Å²) in [7, 11) is 0. The van der Waals surface area contributed by atoms with Crippen molar-refractivity contribution >= 4 is 21.8 Å². The van der Waals surface area contributed by atoms with E-state index in [1.807, 2.05) is 18.2 Å². The van der Waals surface area contributed by atoms with Crippen molar-refractivity contribution in [3.63, 3.8) is 0 Å². The number of halogens is 1. The molecule has 2 rings (SSSR count). The molecular weight excluding hydrogens is 268 g/mol. The van der Waals surface area contributed by atoms with Crippen molar-refractivity contribution in [2.24, 2.45) is 0 Å². The van der Waals surface area contributed by atoms with Crippen molar-refractivity contribution in [3.8, 4) is 0 Å². The highest BCUT2D eigenvalue weighted by Gasteiger charge is 2.17. The lowest BCUT2D eigenvalue weighted by molar-refractivity contribution is -0.122.